The average Bonchev–Trinajstić information content (AvgIpc) is 3.46. The summed E-state index contributed by atoms with van der Waals surface area (Å²) < 4.78 is 12.6. The van der Waals surface area contributed by atoms with Crippen LogP contribution in [-0.2, 0) is 11.3 Å². The summed E-state index contributed by atoms with van der Waals surface area (Å²) in [6.07, 6.45) is 0.774. The summed E-state index contributed by atoms with van der Waals surface area (Å²) >= 11 is 0. The van der Waals surface area contributed by atoms with Gasteiger partial charge in [0.25, 0.3) is 5.56 Å². The zero-order valence-electron chi connectivity index (χ0n) is 16.6. The lowest BCUT2D eigenvalue weighted by Crippen LogP contribution is -2.28. The van der Waals surface area contributed by atoms with Gasteiger partial charge in [0.15, 0.2) is 11.6 Å². The Morgan fingerprint density at radius 3 is 2.83 bits per heavy atom. The predicted molar refractivity (Wildman–Crippen MR) is 106 cm³/mol. The largest absolute Gasteiger partial charge is 0.373 e. The molecular formula is C20H21N7O3. The average molecular weight is 407 g/mol. The first-order valence-electron chi connectivity index (χ1n) is 9.81. The predicted octanol–water partition coefficient (Wildman–Crippen LogP) is 2.97. The van der Waals surface area contributed by atoms with E-state index in [1.807, 2.05) is 0 Å². The van der Waals surface area contributed by atoms with Gasteiger partial charge in [-0.25, -0.2) is 0 Å². The molecule has 0 aliphatic carbocycles. The van der Waals surface area contributed by atoms with Gasteiger partial charge in [0.2, 0.25) is 11.8 Å². The Kier molecular flexibility index (Phi) is 4.43. The molecule has 3 aromatic rings. The first-order chi connectivity index (χ1) is 14.5. The number of nitrogens with two attached hydrogens (primary N) is 1. The van der Waals surface area contributed by atoms with Crippen LogP contribution in [0.2, 0.25) is 0 Å². The minimum atomic E-state index is -0.348. The lowest BCUT2D eigenvalue weighted by molar-refractivity contribution is 0.110. The van der Waals surface area contributed by atoms with Crippen LogP contribution in [0, 0.1) is 6.92 Å². The number of anilines is 1. The van der Waals surface area contributed by atoms with Crippen LogP contribution in [0.5, 0.6) is 0 Å². The molecule has 3 atom stereocenters. The highest BCUT2D eigenvalue weighted by Crippen LogP contribution is 2.37. The van der Waals surface area contributed by atoms with Gasteiger partial charge < -0.3 is 15.0 Å². The second kappa shape index (κ2) is 7.13. The van der Waals surface area contributed by atoms with Gasteiger partial charge in [0.1, 0.15) is 12.6 Å². The molecule has 4 heterocycles. The van der Waals surface area contributed by atoms with Gasteiger partial charge in [0.05, 0.1) is 18.3 Å². The molecule has 1 aromatic carbocycles. The van der Waals surface area contributed by atoms with Crippen LogP contribution in [-0.4, -0.2) is 26.3 Å². The molecule has 10 heteroatoms. The van der Waals surface area contributed by atoms with Gasteiger partial charge in [-0.2, -0.15) is 15.1 Å². The van der Waals surface area contributed by atoms with Crippen LogP contribution in [0.3, 0.4) is 0 Å². The smallest absolute Gasteiger partial charge is 0.263 e. The lowest BCUT2D eigenvalue weighted by atomic mass is 9.99. The van der Waals surface area contributed by atoms with Crippen LogP contribution in [0.15, 0.2) is 43.8 Å². The number of azo groups is 1. The van der Waals surface area contributed by atoms with Crippen molar-refractivity contribution in [3.8, 4) is 0 Å². The molecule has 2 aliphatic heterocycles. The molecule has 1 saturated heterocycles. The Bertz CT molecular complexity index is 1180. The van der Waals surface area contributed by atoms with E-state index in [4.69, 9.17) is 15.0 Å². The Morgan fingerprint density at radius 1 is 1.23 bits per heavy atom. The molecule has 10 nitrogen and oxygen atoms in total. The topological polar surface area (TPSA) is 134 Å². The molecule has 0 radical (unpaired) electrons. The van der Waals surface area contributed by atoms with E-state index in [2.05, 4.69) is 56.5 Å². The van der Waals surface area contributed by atoms with Gasteiger partial charge in [-0.3, -0.25) is 9.36 Å². The number of aryl methyl sites for hydroxylation is 1. The maximum atomic E-state index is 12.8. The standard InChI is InChI=1S/C20H21N7O3/c1-10-3-5-12(6-4-10)14-7-13(9-29-14)17-22-15(30-26-17)8-27-19(28)16-11(2)24-25-18(16)23-20(27)21/h3-6,11,13-14H,7-9H2,1-2H3,(H2,21,23)/t11?,13-,14+/m0/s1. The molecule has 0 saturated carbocycles. The second-order valence-electron chi connectivity index (χ2n) is 7.70. The maximum Gasteiger partial charge on any atom is 0.263 e. The summed E-state index contributed by atoms with van der Waals surface area (Å²) in [6.45, 7) is 4.40. The molecule has 154 valence electrons. The SMILES string of the molecule is Cc1ccc([C@H]2C[C@H](c3noc(Cn4c(N)nc5c(c4=O)C(C)N=N5)n3)CO2)cc1. The fourth-order valence-electron chi connectivity index (χ4n) is 3.82. The molecule has 0 amide bonds. The van der Waals surface area contributed by atoms with E-state index >= 15 is 0 Å². The molecule has 1 fully saturated rings. The van der Waals surface area contributed by atoms with Crippen molar-refractivity contribution in [1.29, 1.82) is 0 Å². The molecule has 2 aliphatic rings. The molecular weight excluding hydrogens is 386 g/mol. The number of nitrogen functional groups attached to an aromatic ring is 1. The highest BCUT2D eigenvalue weighted by atomic mass is 16.5. The van der Waals surface area contributed by atoms with Crippen molar-refractivity contribution in [1.82, 2.24) is 19.7 Å². The van der Waals surface area contributed by atoms with Crippen LogP contribution < -0.4 is 11.3 Å². The normalized spacial score (nSPS) is 22.5. The number of fused-ring (bicyclic) bond motifs is 1. The van der Waals surface area contributed by atoms with Crippen molar-refractivity contribution in [3.63, 3.8) is 0 Å². The number of nitrogens with zero attached hydrogens (tertiary/aromatic N) is 6. The first-order valence-corrected chi connectivity index (χ1v) is 9.81. The first kappa shape index (κ1) is 18.6. The van der Waals surface area contributed by atoms with Crippen molar-refractivity contribution in [2.24, 2.45) is 10.2 Å². The van der Waals surface area contributed by atoms with E-state index in [-0.39, 0.29) is 41.9 Å². The van der Waals surface area contributed by atoms with Crippen LogP contribution in [0.1, 0.15) is 59.8 Å². The van der Waals surface area contributed by atoms with Crippen molar-refractivity contribution in [2.45, 2.75) is 44.9 Å². The number of hydrogen-bond donors (Lipinski definition) is 1. The third-order valence-corrected chi connectivity index (χ3v) is 5.55. The third kappa shape index (κ3) is 3.18. The van der Waals surface area contributed by atoms with E-state index < -0.39 is 0 Å². The number of ether oxygens (including phenoxy) is 1. The van der Waals surface area contributed by atoms with Crippen molar-refractivity contribution in [2.75, 3.05) is 12.3 Å². The molecule has 2 N–H and O–H groups in total. The maximum absolute atomic E-state index is 12.8. The fourth-order valence-corrected chi connectivity index (χ4v) is 3.82. The summed E-state index contributed by atoms with van der Waals surface area (Å²) in [4.78, 5) is 21.4. The summed E-state index contributed by atoms with van der Waals surface area (Å²) in [5.41, 5.74) is 8.43. The zero-order valence-corrected chi connectivity index (χ0v) is 16.6. The number of benzene rings is 1. The highest BCUT2D eigenvalue weighted by Gasteiger charge is 2.31. The van der Waals surface area contributed by atoms with Gasteiger partial charge >= 0.3 is 0 Å². The number of rotatable bonds is 4. The van der Waals surface area contributed by atoms with E-state index in [9.17, 15) is 4.79 Å². The lowest BCUT2D eigenvalue weighted by Gasteiger charge is -2.09. The number of hydrogen-bond acceptors (Lipinski definition) is 9. The van der Waals surface area contributed by atoms with E-state index in [1.54, 1.807) is 6.92 Å². The summed E-state index contributed by atoms with van der Waals surface area (Å²) in [7, 11) is 0. The Hall–Kier alpha value is -3.40. The Labute approximate surface area is 171 Å². The molecule has 2 aromatic heterocycles. The van der Waals surface area contributed by atoms with Crippen molar-refractivity contribution >= 4 is 11.8 Å². The summed E-state index contributed by atoms with van der Waals surface area (Å²) in [6, 6.07) is 7.97. The molecule has 0 bridgehead atoms. The van der Waals surface area contributed by atoms with Crippen LogP contribution >= 0.6 is 0 Å². The van der Waals surface area contributed by atoms with E-state index in [0.717, 1.165) is 12.0 Å². The fraction of sp³-hybridized carbons (Fsp3) is 0.400. The number of aromatic nitrogens is 4. The van der Waals surface area contributed by atoms with Gasteiger partial charge in [-0.1, -0.05) is 35.0 Å². The minimum absolute atomic E-state index is 0.00529. The zero-order chi connectivity index (χ0) is 20.8. The van der Waals surface area contributed by atoms with Gasteiger partial charge in [-0.15, -0.1) is 5.11 Å². The summed E-state index contributed by atoms with van der Waals surface area (Å²) in [5, 5.41) is 12.0. The van der Waals surface area contributed by atoms with Gasteiger partial charge in [-0.05, 0) is 25.8 Å². The monoisotopic (exact) mass is 407 g/mol. The third-order valence-electron chi connectivity index (χ3n) is 5.55. The molecule has 1 unspecified atom stereocenters. The van der Waals surface area contributed by atoms with E-state index in [0.29, 0.717) is 23.9 Å². The van der Waals surface area contributed by atoms with E-state index in [1.165, 1.54) is 10.1 Å². The van der Waals surface area contributed by atoms with Crippen molar-refractivity contribution < 1.29 is 9.26 Å². The minimum Gasteiger partial charge on any atom is -0.373 e. The molecule has 0 spiro atoms. The van der Waals surface area contributed by atoms with Crippen LogP contribution in [0.25, 0.3) is 0 Å². The van der Waals surface area contributed by atoms with Gasteiger partial charge in [0, 0.05) is 5.92 Å². The molecule has 30 heavy (non-hydrogen) atoms. The Morgan fingerprint density at radius 2 is 2.03 bits per heavy atom. The second-order valence-corrected chi connectivity index (χ2v) is 7.70. The quantitative estimate of drug-likeness (QED) is 0.702. The highest BCUT2D eigenvalue weighted by molar-refractivity contribution is 5.45. The Balaban J connectivity index is 1.33. The van der Waals surface area contributed by atoms with Crippen LogP contribution in [0.4, 0.5) is 11.8 Å². The van der Waals surface area contributed by atoms with Crippen molar-refractivity contribution in [3.05, 3.63) is 63.0 Å². The summed E-state index contributed by atoms with van der Waals surface area (Å²) in [5.74, 6) is 1.20. The molecule has 5 rings (SSSR count).